The van der Waals surface area contributed by atoms with Crippen LogP contribution in [0.4, 0.5) is 11.5 Å². The van der Waals surface area contributed by atoms with Gasteiger partial charge in [0.05, 0.1) is 12.3 Å². The second-order valence-electron chi connectivity index (χ2n) is 6.43. The van der Waals surface area contributed by atoms with Crippen LogP contribution >= 0.6 is 22.6 Å². The largest absolute Gasteiger partial charge is 0.480 e. The minimum atomic E-state index is -1.09. The molecule has 0 fully saturated rings. The number of hydrogen-bond donors (Lipinski definition) is 3. The van der Waals surface area contributed by atoms with E-state index < -0.39 is 18.1 Å². The molecule has 0 spiro atoms. The van der Waals surface area contributed by atoms with Gasteiger partial charge >= 0.3 is 5.97 Å². The van der Waals surface area contributed by atoms with Crippen molar-refractivity contribution in [2.45, 2.75) is 20.5 Å². The fraction of sp³-hybridized carbons (Fsp3) is 0.200. The average molecular weight is 522 g/mol. The number of benzene rings is 1. The molecule has 2 aromatic heterocycles. The number of nitrogens with zero attached hydrogens (tertiary/aromatic N) is 3. The summed E-state index contributed by atoms with van der Waals surface area (Å²) in [5.41, 5.74) is 1.91. The Hall–Kier alpha value is -2.99. The van der Waals surface area contributed by atoms with Gasteiger partial charge in [-0.1, -0.05) is 0 Å². The molecule has 0 atom stereocenters. The molecule has 2 heterocycles. The molecular weight excluding hydrogens is 503 g/mol. The standard InChI is InChI=1S/C20H19IN4O5/c1-11-7-16(23-12(2)18(11)30-10-17(27)28)25-6-5-22-19(20(25)29)24-15-4-3-14(21)8-13(15)9-26/h3-8,26H,9-10H2,1-2H3,(H,22,24)(H,27,28). The smallest absolute Gasteiger partial charge is 0.341 e. The molecule has 156 valence electrons. The van der Waals surface area contributed by atoms with Crippen LogP contribution in [-0.4, -0.2) is 37.3 Å². The van der Waals surface area contributed by atoms with Gasteiger partial charge < -0.3 is 20.3 Å². The van der Waals surface area contributed by atoms with E-state index in [-0.39, 0.29) is 12.4 Å². The van der Waals surface area contributed by atoms with Crippen LogP contribution in [-0.2, 0) is 11.4 Å². The molecule has 0 unspecified atom stereocenters. The lowest BCUT2D eigenvalue weighted by atomic mass is 10.2. The summed E-state index contributed by atoms with van der Waals surface area (Å²) in [7, 11) is 0. The van der Waals surface area contributed by atoms with Crippen LogP contribution in [0, 0.1) is 17.4 Å². The molecule has 9 nitrogen and oxygen atoms in total. The third-order valence-electron chi connectivity index (χ3n) is 4.23. The zero-order valence-corrected chi connectivity index (χ0v) is 18.4. The number of aliphatic carboxylic acids is 1. The maximum Gasteiger partial charge on any atom is 0.341 e. The van der Waals surface area contributed by atoms with Crippen molar-refractivity contribution < 1.29 is 19.7 Å². The number of pyridine rings is 1. The number of aromatic nitrogens is 3. The van der Waals surface area contributed by atoms with Gasteiger partial charge in [0.1, 0.15) is 11.6 Å². The maximum absolute atomic E-state index is 13.0. The van der Waals surface area contributed by atoms with Crippen molar-refractivity contribution in [3.05, 3.63) is 67.4 Å². The predicted octanol–water partition coefficient (Wildman–Crippen LogP) is 2.55. The highest BCUT2D eigenvalue weighted by atomic mass is 127. The van der Waals surface area contributed by atoms with Gasteiger partial charge in [0.25, 0.3) is 5.56 Å². The van der Waals surface area contributed by atoms with E-state index in [2.05, 4.69) is 37.9 Å². The van der Waals surface area contributed by atoms with Crippen LogP contribution < -0.4 is 15.6 Å². The van der Waals surface area contributed by atoms with Crippen molar-refractivity contribution in [1.82, 2.24) is 14.5 Å². The Bertz CT molecular complexity index is 1140. The van der Waals surface area contributed by atoms with Crippen LogP contribution in [0.25, 0.3) is 5.82 Å². The van der Waals surface area contributed by atoms with E-state index in [1.165, 1.54) is 17.0 Å². The molecule has 10 heteroatoms. The van der Waals surface area contributed by atoms with Gasteiger partial charge in [-0.25, -0.2) is 14.8 Å². The van der Waals surface area contributed by atoms with Gasteiger partial charge in [-0.05, 0) is 66.3 Å². The molecule has 1 aromatic carbocycles. The van der Waals surface area contributed by atoms with Crippen molar-refractivity contribution in [1.29, 1.82) is 0 Å². The van der Waals surface area contributed by atoms with Crippen LogP contribution in [0.2, 0.25) is 0 Å². The third kappa shape index (κ3) is 4.76. The highest BCUT2D eigenvalue weighted by molar-refractivity contribution is 14.1. The van der Waals surface area contributed by atoms with Crippen molar-refractivity contribution >= 4 is 40.1 Å². The Labute approximate surface area is 185 Å². The van der Waals surface area contributed by atoms with E-state index in [1.807, 2.05) is 12.1 Å². The number of aryl methyl sites for hydroxylation is 2. The molecule has 0 aliphatic heterocycles. The number of carboxylic acid groups (broad SMARTS) is 1. The Kier molecular flexibility index (Phi) is 6.67. The number of rotatable bonds is 7. The third-order valence-corrected chi connectivity index (χ3v) is 4.90. The molecule has 3 rings (SSSR count). The number of anilines is 2. The zero-order chi connectivity index (χ0) is 21.8. The van der Waals surface area contributed by atoms with Crippen molar-refractivity contribution in [3.8, 4) is 11.6 Å². The quantitative estimate of drug-likeness (QED) is 0.405. The summed E-state index contributed by atoms with van der Waals surface area (Å²) in [5, 5.41) is 21.4. The van der Waals surface area contributed by atoms with Gasteiger partial charge in [-0.3, -0.25) is 9.36 Å². The Morgan fingerprint density at radius 2 is 2.07 bits per heavy atom. The number of nitrogens with one attached hydrogen (secondary N) is 1. The molecule has 0 saturated carbocycles. The highest BCUT2D eigenvalue weighted by Crippen LogP contribution is 2.24. The van der Waals surface area contributed by atoms with E-state index in [9.17, 15) is 14.7 Å². The first kappa shape index (κ1) is 21.7. The van der Waals surface area contributed by atoms with Crippen LogP contribution in [0.3, 0.4) is 0 Å². The second kappa shape index (κ2) is 9.22. The number of aliphatic hydroxyl groups is 1. The second-order valence-corrected chi connectivity index (χ2v) is 7.68. The topological polar surface area (TPSA) is 127 Å². The average Bonchev–Trinajstić information content (AvgIpc) is 2.69. The van der Waals surface area contributed by atoms with Gasteiger partial charge in [0, 0.05) is 27.2 Å². The first-order chi connectivity index (χ1) is 14.3. The number of carboxylic acids is 1. The first-order valence-corrected chi connectivity index (χ1v) is 9.95. The SMILES string of the molecule is Cc1cc(-n2ccnc(Nc3ccc(I)cc3CO)c2=O)nc(C)c1OCC(=O)O. The van der Waals surface area contributed by atoms with Crippen molar-refractivity contribution in [3.63, 3.8) is 0 Å². The van der Waals surface area contributed by atoms with E-state index in [0.29, 0.717) is 34.1 Å². The number of ether oxygens (including phenoxy) is 1. The lowest BCUT2D eigenvalue weighted by molar-refractivity contribution is -0.139. The van der Waals surface area contributed by atoms with Gasteiger partial charge in [-0.15, -0.1) is 0 Å². The van der Waals surface area contributed by atoms with Gasteiger partial charge in [-0.2, -0.15) is 0 Å². The fourth-order valence-electron chi connectivity index (χ4n) is 2.90. The lowest BCUT2D eigenvalue weighted by Gasteiger charge is -2.14. The van der Waals surface area contributed by atoms with E-state index >= 15 is 0 Å². The molecule has 3 aromatic rings. The Morgan fingerprint density at radius 3 is 2.73 bits per heavy atom. The normalized spacial score (nSPS) is 10.7. The summed E-state index contributed by atoms with van der Waals surface area (Å²) < 4.78 is 7.58. The van der Waals surface area contributed by atoms with E-state index in [0.717, 1.165) is 3.57 Å². The van der Waals surface area contributed by atoms with Crippen molar-refractivity contribution in [2.75, 3.05) is 11.9 Å². The van der Waals surface area contributed by atoms with Crippen LogP contribution in [0.5, 0.6) is 5.75 Å². The van der Waals surface area contributed by atoms with Crippen LogP contribution in [0.1, 0.15) is 16.8 Å². The minimum absolute atomic E-state index is 0.0803. The van der Waals surface area contributed by atoms with E-state index in [4.69, 9.17) is 9.84 Å². The molecule has 0 amide bonds. The molecule has 0 saturated heterocycles. The summed E-state index contributed by atoms with van der Waals surface area (Å²) in [6.45, 7) is 2.77. The molecule has 30 heavy (non-hydrogen) atoms. The fourth-order valence-corrected chi connectivity index (χ4v) is 3.45. The first-order valence-electron chi connectivity index (χ1n) is 8.87. The summed E-state index contributed by atoms with van der Waals surface area (Å²) >= 11 is 2.14. The molecule has 0 aliphatic rings. The zero-order valence-electron chi connectivity index (χ0n) is 16.2. The molecule has 0 radical (unpaired) electrons. The maximum atomic E-state index is 13.0. The van der Waals surface area contributed by atoms with Crippen LogP contribution in [0.15, 0.2) is 41.5 Å². The number of halogens is 1. The monoisotopic (exact) mass is 522 g/mol. The summed E-state index contributed by atoms with van der Waals surface area (Å²) in [4.78, 5) is 32.3. The summed E-state index contributed by atoms with van der Waals surface area (Å²) in [6.07, 6.45) is 2.96. The summed E-state index contributed by atoms with van der Waals surface area (Å²) in [5.74, 6) is -0.283. The number of carbonyl (C=O) groups is 1. The van der Waals surface area contributed by atoms with Gasteiger partial charge in [0.15, 0.2) is 12.4 Å². The molecule has 0 bridgehead atoms. The predicted molar refractivity (Wildman–Crippen MR) is 119 cm³/mol. The van der Waals surface area contributed by atoms with E-state index in [1.54, 1.807) is 26.0 Å². The number of hydrogen-bond acceptors (Lipinski definition) is 7. The van der Waals surface area contributed by atoms with Crippen molar-refractivity contribution in [2.24, 2.45) is 0 Å². The lowest BCUT2D eigenvalue weighted by Crippen LogP contribution is -2.23. The summed E-state index contributed by atoms with van der Waals surface area (Å²) in [6, 6.07) is 7.08. The Morgan fingerprint density at radius 1 is 1.30 bits per heavy atom. The molecule has 0 aliphatic carbocycles. The Balaban J connectivity index is 1.98. The van der Waals surface area contributed by atoms with Gasteiger partial charge in [0.2, 0.25) is 0 Å². The highest BCUT2D eigenvalue weighted by Gasteiger charge is 2.14. The molecular formula is C20H19IN4O5. The molecule has 3 N–H and O–H groups in total. The minimum Gasteiger partial charge on any atom is -0.480 e. The number of aliphatic hydroxyl groups excluding tert-OH is 1.